The zero-order valence-electron chi connectivity index (χ0n) is 15.1. The van der Waals surface area contributed by atoms with Crippen LogP contribution in [0.15, 0.2) is 35.4 Å². The number of hydrogen-bond donors (Lipinski definition) is 0. The second-order valence-corrected chi connectivity index (χ2v) is 8.55. The topological polar surface area (TPSA) is 88.4 Å². The maximum atomic E-state index is 13.3. The van der Waals surface area contributed by atoms with Crippen molar-refractivity contribution in [1.82, 2.24) is 24.2 Å². The van der Waals surface area contributed by atoms with Crippen molar-refractivity contribution in [1.29, 1.82) is 0 Å². The Morgan fingerprint density at radius 1 is 1.26 bits per heavy atom. The molecule has 0 aliphatic carbocycles. The molecule has 0 bridgehead atoms. The van der Waals surface area contributed by atoms with Crippen LogP contribution in [0.4, 0.5) is 4.39 Å². The first kappa shape index (κ1) is 19.4. The molecule has 2 heterocycles. The third-order valence-corrected chi connectivity index (χ3v) is 6.40. The molecule has 1 saturated heterocycles. The molecule has 0 radical (unpaired) electrons. The van der Waals surface area contributed by atoms with Gasteiger partial charge in [-0.2, -0.15) is 4.31 Å². The van der Waals surface area contributed by atoms with E-state index >= 15 is 0 Å². The predicted molar refractivity (Wildman–Crippen MR) is 96.0 cm³/mol. The Labute approximate surface area is 157 Å². The fourth-order valence-electron chi connectivity index (χ4n) is 2.94. The van der Waals surface area contributed by atoms with Gasteiger partial charge in [0.2, 0.25) is 10.0 Å². The smallest absolute Gasteiger partial charge is 0.276 e. The van der Waals surface area contributed by atoms with E-state index in [-0.39, 0.29) is 29.6 Å². The number of amides is 1. The number of carbonyl (C=O) groups is 1. The summed E-state index contributed by atoms with van der Waals surface area (Å²) in [6.07, 6.45) is 4.63. The van der Waals surface area contributed by atoms with Gasteiger partial charge in [0.15, 0.2) is 5.69 Å². The van der Waals surface area contributed by atoms with Crippen molar-refractivity contribution in [2.45, 2.75) is 30.7 Å². The lowest BCUT2D eigenvalue weighted by Gasteiger charge is -2.25. The van der Waals surface area contributed by atoms with E-state index in [1.165, 1.54) is 36.1 Å². The van der Waals surface area contributed by atoms with E-state index in [1.54, 1.807) is 4.90 Å². The van der Waals surface area contributed by atoms with E-state index in [0.717, 1.165) is 42.7 Å². The minimum absolute atomic E-state index is 0.107. The highest BCUT2D eigenvalue weighted by atomic mass is 32.2. The number of likely N-dealkylation sites (tertiary alicyclic amines) is 1. The quantitative estimate of drug-likeness (QED) is 0.737. The molecule has 1 aromatic heterocycles. The Hall–Kier alpha value is -2.33. The van der Waals surface area contributed by atoms with E-state index in [0.29, 0.717) is 0 Å². The standard InChI is InChI=1S/C17H22FN5O3S/c1-21(27(25,26)15-7-5-6-14(18)12-15)10-11-23-13-16(19-20-23)17(24)22-8-3-2-4-9-22/h5-7,12-13H,2-4,8-11H2,1H3. The first-order valence-electron chi connectivity index (χ1n) is 8.79. The van der Waals surface area contributed by atoms with E-state index < -0.39 is 15.8 Å². The number of aromatic nitrogens is 3. The third kappa shape index (κ3) is 4.51. The lowest BCUT2D eigenvalue weighted by molar-refractivity contribution is 0.0718. The van der Waals surface area contributed by atoms with Crippen molar-refractivity contribution >= 4 is 15.9 Å². The van der Waals surface area contributed by atoms with Gasteiger partial charge in [-0.05, 0) is 37.5 Å². The van der Waals surface area contributed by atoms with Crippen LogP contribution in [-0.4, -0.2) is 65.2 Å². The molecule has 146 valence electrons. The highest BCUT2D eigenvalue weighted by molar-refractivity contribution is 7.89. The van der Waals surface area contributed by atoms with Crippen molar-refractivity contribution in [2.75, 3.05) is 26.7 Å². The SMILES string of the molecule is CN(CCn1cc(C(=O)N2CCCCC2)nn1)S(=O)(=O)c1cccc(F)c1. The first-order valence-corrected chi connectivity index (χ1v) is 10.2. The molecule has 0 atom stereocenters. The van der Waals surface area contributed by atoms with Crippen LogP contribution in [0.2, 0.25) is 0 Å². The average molecular weight is 395 g/mol. The minimum atomic E-state index is -3.80. The summed E-state index contributed by atoms with van der Waals surface area (Å²) in [5.74, 6) is -0.761. The third-order valence-electron chi connectivity index (χ3n) is 4.55. The number of likely N-dealkylation sites (N-methyl/N-ethyl adjacent to an activating group) is 1. The monoisotopic (exact) mass is 395 g/mol. The van der Waals surface area contributed by atoms with Gasteiger partial charge in [0.1, 0.15) is 5.82 Å². The van der Waals surface area contributed by atoms with Crippen LogP contribution in [0.1, 0.15) is 29.8 Å². The number of benzene rings is 1. The van der Waals surface area contributed by atoms with Crippen LogP contribution in [0.25, 0.3) is 0 Å². The molecule has 3 rings (SSSR count). The maximum Gasteiger partial charge on any atom is 0.276 e. The van der Waals surface area contributed by atoms with Crippen LogP contribution in [0, 0.1) is 5.82 Å². The van der Waals surface area contributed by atoms with Crippen molar-refractivity contribution in [2.24, 2.45) is 0 Å². The number of piperidine rings is 1. The molecule has 1 aliphatic heterocycles. The highest BCUT2D eigenvalue weighted by Crippen LogP contribution is 2.15. The van der Waals surface area contributed by atoms with Gasteiger partial charge >= 0.3 is 0 Å². The fourth-order valence-corrected chi connectivity index (χ4v) is 4.13. The molecular weight excluding hydrogens is 373 g/mol. The first-order chi connectivity index (χ1) is 12.9. The minimum Gasteiger partial charge on any atom is -0.337 e. The number of nitrogens with zero attached hydrogens (tertiary/aromatic N) is 5. The number of halogens is 1. The molecule has 1 aromatic carbocycles. The van der Waals surface area contributed by atoms with Crippen molar-refractivity contribution < 1.29 is 17.6 Å². The number of carbonyl (C=O) groups excluding carboxylic acids is 1. The number of hydrogen-bond acceptors (Lipinski definition) is 5. The summed E-state index contributed by atoms with van der Waals surface area (Å²) < 4.78 is 40.8. The molecule has 0 saturated carbocycles. The van der Waals surface area contributed by atoms with Crippen molar-refractivity contribution in [3.63, 3.8) is 0 Å². The van der Waals surface area contributed by atoms with Crippen molar-refractivity contribution in [3.8, 4) is 0 Å². The zero-order valence-corrected chi connectivity index (χ0v) is 15.9. The number of sulfonamides is 1. The van der Waals surface area contributed by atoms with Crippen LogP contribution in [-0.2, 0) is 16.6 Å². The van der Waals surface area contributed by atoms with Crippen LogP contribution < -0.4 is 0 Å². The predicted octanol–water partition coefficient (Wildman–Crippen LogP) is 1.36. The Bertz CT molecular complexity index is 909. The summed E-state index contributed by atoms with van der Waals surface area (Å²) >= 11 is 0. The summed E-state index contributed by atoms with van der Waals surface area (Å²) in [5, 5.41) is 7.82. The lowest BCUT2D eigenvalue weighted by Crippen LogP contribution is -2.35. The Kier molecular flexibility index (Phi) is 5.85. The molecule has 0 unspecified atom stereocenters. The van der Waals surface area contributed by atoms with Gasteiger partial charge in [0.05, 0.1) is 17.6 Å². The van der Waals surface area contributed by atoms with Crippen LogP contribution in [0.5, 0.6) is 0 Å². The molecule has 1 aliphatic rings. The summed E-state index contributed by atoms with van der Waals surface area (Å²) in [6, 6.07) is 4.87. The van der Waals surface area contributed by atoms with Gasteiger partial charge in [-0.1, -0.05) is 11.3 Å². The van der Waals surface area contributed by atoms with Crippen LogP contribution >= 0.6 is 0 Å². The Balaban J connectivity index is 1.61. The summed E-state index contributed by atoms with van der Waals surface area (Å²) in [5.41, 5.74) is 0.257. The van der Waals surface area contributed by atoms with Gasteiger partial charge in [-0.3, -0.25) is 9.48 Å². The second kappa shape index (κ2) is 8.13. The molecule has 8 nitrogen and oxygen atoms in total. The molecule has 10 heteroatoms. The molecule has 1 fully saturated rings. The fraction of sp³-hybridized carbons (Fsp3) is 0.471. The molecule has 27 heavy (non-hydrogen) atoms. The van der Waals surface area contributed by atoms with Gasteiger partial charge in [0, 0.05) is 26.7 Å². The van der Waals surface area contributed by atoms with E-state index in [2.05, 4.69) is 10.3 Å². The average Bonchev–Trinajstić information content (AvgIpc) is 3.15. The largest absolute Gasteiger partial charge is 0.337 e. The summed E-state index contributed by atoms with van der Waals surface area (Å²) in [4.78, 5) is 14.1. The second-order valence-electron chi connectivity index (χ2n) is 6.50. The lowest BCUT2D eigenvalue weighted by atomic mass is 10.1. The Morgan fingerprint density at radius 2 is 2.00 bits per heavy atom. The van der Waals surface area contributed by atoms with E-state index in [1.807, 2.05) is 0 Å². The van der Waals surface area contributed by atoms with Gasteiger partial charge in [-0.15, -0.1) is 5.10 Å². The van der Waals surface area contributed by atoms with E-state index in [4.69, 9.17) is 0 Å². The van der Waals surface area contributed by atoms with Gasteiger partial charge in [-0.25, -0.2) is 12.8 Å². The number of rotatable bonds is 6. The zero-order chi connectivity index (χ0) is 19.4. The molecule has 0 spiro atoms. The van der Waals surface area contributed by atoms with Gasteiger partial charge < -0.3 is 4.90 Å². The maximum absolute atomic E-state index is 13.3. The molecule has 1 amide bonds. The Morgan fingerprint density at radius 3 is 2.70 bits per heavy atom. The molecule has 0 N–H and O–H groups in total. The molecule has 2 aromatic rings. The van der Waals surface area contributed by atoms with Crippen molar-refractivity contribution in [3.05, 3.63) is 42.0 Å². The van der Waals surface area contributed by atoms with E-state index in [9.17, 15) is 17.6 Å². The summed E-state index contributed by atoms with van der Waals surface area (Å²) in [6.45, 7) is 1.78. The normalized spacial score (nSPS) is 15.3. The summed E-state index contributed by atoms with van der Waals surface area (Å²) in [7, 11) is -2.39. The van der Waals surface area contributed by atoms with Gasteiger partial charge in [0.25, 0.3) is 5.91 Å². The molecular formula is C17H22FN5O3S. The van der Waals surface area contributed by atoms with Crippen LogP contribution in [0.3, 0.4) is 0 Å². The highest BCUT2D eigenvalue weighted by Gasteiger charge is 2.23.